The number of aliphatic imine (C=N–C) groups is 1. The average molecular weight is 271 g/mol. The smallest absolute Gasteiger partial charge is 0.193 e. The molecule has 18 heavy (non-hydrogen) atoms. The fraction of sp³-hybridized carbons (Fsp3) is 0.923. The third-order valence-corrected chi connectivity index (χ3v) is 4.64. The summed E-state index contributed by atoms with van der Waals surface area (Å²) in [5, 5.41) is 3.47. The van der Waals surface area contributed by atoms with E-state index in [0.717, 1.165) is 38.8 Å². The van der Waals surface area contributed by atoms with Gasteiger partial charge in [-0.2, -0.15) is 11.8 Å². The number of hydrogen-bond donors (Lipinski definition) is 1. The molecule has 4 nitrogen and oxygen atoms in total. The van der Waals surface area contributed by atoms with Gasteiger partial charge in [0.05, 0.1) is 6.61 Å². The van der Waals surface area contributed by atoms with Gasteiger partial charge in [-0.3, -0.25) is 4.99 Å². The molecule has 2 fully saturated rings. The molecule has 2 heterocycles. The van der Waals surface area contributed by atoms with Crippen LogP contribution in [-0.4, -0.2) is 62.8 Å². The summed E-state index contributed by atoms with van der Waals surface area (Å²) < 4.78 is 5.57. The van der Waals surface area contributed by atoms with Crippen LogP contribution in [0.2, 0.25) is 0 Å². The number of thioether (sulfide) groups is 1. The number of ether oxygens (including phenoxy) is 1. The maximum absolute atomic E-state index is 5.57. The largest absolute Gasteiger partial charge is 0.381 e. The lowest BCUT2D eigenvalue weighted by molar-refractivity contribution is 0.156. The molecule has 2 aliphatic heterocycles. The molecule has 1 N–H and O–H groups in total. The van der Waals surface area contributed by atoms with Crippen LogP contribution in [0.3, 0.4) is 0 Å². The maximum atomic E-state index is 5.57. The van der Waals surface area contributed by atoms with Gasteiger partial charge in [-0.05, 0) is 31.3 Å². The van der Waals surface area contributed by atoms with Gasteiger partial charge < -0.3 is 15.0 Å². The van der Waals surface area contributed by atoms with E-state index in [1.165, 1.54) is 25.0 Å². The Morgan fingerprint density at radius 1 is 1.50 bits per heavy atom. The lowest BCUT2D eigenvalue weighted by Crippen LogP contribution is -2.41. The molecule has 1 spiro atoms. The van der Waals surface area contributed by atoms with E-state index in [9.17, 15) is 0 Å². The van der Waals surface area contributed by atoms with Crippen molar-refractivity contribution in [3.05, 3.63) is 0 Å². The lowest BCUT2D eigenvalue weighted by atomic mass is 9.87. The molecule has 5 heteroatoms. The molecule has 0 amide bonds. The van der Waals surface area contributed by atoms with Gasteiger partial charge in [-0.15, -0.1) is 0 Å². The molecule has 104 valence electrons. The van der Waals surface area contributed by atoms with Crippen LogP contribution in [0, 0.1) is 5.41 Å². The molecule has 2 rings (SSSR count). The Morgan fingerprint density at radius 2 is 2.39 bits per heavy atom. The zero-order valence-electron chi connectivity index (χ0n) is 11.6. The summed E-state index contributed by atoms with van der Waals surface area (Å²) in [6, 6.07) is 0. The average Bonchev–Trinajstić information content (AvgIpc) is 3.01. The van der Waals surface area contributed by atoms with Crippen LogP contribution in [0.4, 0.5) is 0 Å². The number of likely N-dealkylation sites (tertiary alicyclic amines) is 1. The summed E-state index contributed by atoms with van der Waals surface area (Å²) in [6.07, 6.45) is 5.81. The Kier molecular flexibility index (Phi) is 5.18. The molecular formula is C13H25N3OS. The van der Waals surface area contributed by atoms with Gasteiger partial charge in [-0.1, -0.05) is 0 Å². The van der Waals surface area contributed by atoms with Crippen LogP contribution < -0.4 is 5.32 Å². The minimum Gasteiger partial charge on any atom is -0.381 e. The molecule has 0 aliphatic carbocycles. The molecule has 1 atom stereocenters. The SMILES string of the molecule is CN=C(NCCCSC)N1CCC2(CCOC2)C1. The first-order valence-electron chi connectivity index (χ1n) is 6.82. The highest BCUT2D eigenvalue weighted by Crippen LogP contribution is 2.38. The van der Waals surface area contributed by atoms with Gasteiger partial charge in [-0.25, -0.2) is 0 Å². The van der Waals surface area contributed by atoms with Crippen LogP contribution in [-0.2, 0) is 4.74 Å². The van der Waals surface area contributed by atoms with Crippen molar-refractivity contribution in [3.8, 4) is 0 Å². The molecule has 0 saturated carbocycles. The van der Waals surface area contributed by atoms with Crippen molar-refractivity contribution in [2.45, 2.75) is 19.3 Å². The zero-order valence-corrected chi connectivity index (χ0v) is 12.4. The number of nitrogens with zero attached hydrogens (tertiary/aromatic N) is 2. The van der Waals surface area contributed by atoms with Crippen LogP contribution in [0.5, 0.6) is 0 Å². The summed E-state index contributed by atoms with van der Waals surface area (Å²) in [7, 11) is 1.88. The summed E-state index contributed by atoms with van der Waals surface area (Å²) in [5.74, 6) is 2.28. The Bertz CT molecular complexity index is 290. The first-order chi connectivity index (χ1) is 8.79. The second kappa shape index (κ2) is 6.66. The van der Waals surface area contributed by atoms with Gasteiger partial charge in [0.2, 0.25) is 0 Å². The van der Waals surface area contributed by atoms with Crippen molar-refractivity contribution in [3.63, 3.8) is 0 Å². The van der Waals surface area contributed by atoms with E-state index in [1.54, 1.807) is 0 Å². The van der Waals surface area contributed by atoms with Crippen LogP contribution in [0.25, 0.3) is 0 Å². The first-order valence-corrected chi connectivity index (χ1v) is 8.21. The lowest BCUT2D eigenvalue weighted by Gasteiger charge is -2.24. The topological polar surface area (TPSA) is 36.9 Å². The maximum Gasteiger partial charge on any atom is 0.193 e. The molecule has 2 saturated heterocycles. The summed E-state index contributed by atoms with van der Waals surface area (Å²) >= 11 is 1.90. The molecule has 2 aliphatic rings. The Morgan fingerprint density at radius 3 is 3.06 bits per heavy atom. The molecule has 1 unspecified atom stereocenters. The second-order valence-corrected chi connectivity index (χ2v) is 6.28. The van der Waals surface area contributed by atoms with Crippen LogP contribution >= 0.6 is 11.8 Å². The third kappa shape index (κ3) is 3.32. The van der Waals surface area contributed by atoms with E-state index >= 15 is 0 Å². The summed E-state index contributed by atoms with van der Waals surface area (Å²) in [6.45, 7) is 5.12. The third-order valence-electron chi connectivity index (χ3n) is 3.94. The summed E-state index contributed by atoms with van der Waals surface area (Å²) in [4.78, 5) is 6.80. The minimum absolute atomic E-state index is 0.414. The Labute approximate surface area is 115 Å². The highest BCUT2D eigenvalue weighted by Gasteiger charge is 2.42. The van der Waals surface area contributed by atoms with Gasteiger partial charge in [0, 0.05) is 38.7 Å². The van der Waals surface area contributed by atoms with Gasteiger partial charge >= 0.3 is 0 Å². The van der Waals surface area contributed by atoms with Gasteiger partial charge in [0.1, 0.15) is 0 Å². The van der Waals surface area contributed by atoms with Crippen molar-refractivity contribution in [1.82, 2.24) is 10.2 Å². The fourth-order valence-electron chi connectivity index (χ4n) is 2.84. The highest BCUT2D eigenvalue weighted by molar-refractivity contribution is 7.98. The van der Waals surface area contributed by atoms with Crippen LogP contribution in [0.15, 0.2) is 4.99 Å². The normalized spacial score (nSPS) is 28.3. The minimum atomic E-state index is 0.414. The first kappa shape index (κ1) is 14.0. The molecule has 0 aromatic carbocycles. The predicted octanol–water partition coefficient (Wildman–Crippen LogP) is 1.43. The Balaban J connectivity index is 1.79. The fourth-order valence-corrected chi connectivity index (χ4v) is 3.27. The highest BCUT2D eigenvalue weighted by atomic mass is 32.2. The van der Waals surface area contributed by atoms with Crippen molar-refractivity contribution < 1.29 is 4.74 Å². The van der Waals surface area contributed by atoms with Crippen molar-refractivity contribution in [1.29, 1.82) is 0 Å². The van der Waals surface area contributed by atoms with E-state index in [-0.39, 0.29) is 0 Å². The van der Waals surface area contributed by atoms with Crippen molar-refractivity contribution >= 4 is 17.7 Å². The standard InChI is InChI=1S/C13H25N3OS/c1-14-12(15-6-3-9-18-2)16-7-4-13(10-16)5-8-17-11-13/h3-11H2,1-2H3,(H,14,15). The van der Waals surface area contributed by atoms with Crippen LogP contribution in [0.1, 0.15) is 19.3 Å². The Hall–Kier alpha value is -0.420. The molecule has 0 radical (unpaired) electrons. The number of guanidine groups is 1. The van der Waals surface area contributed by atoms with E-state index in [4.69, 9.17) is 4.74 Å². The van der Waals surface area contributed by atoms with E-state index < -0.39 is 0 Å². The van der Waals surface area contributed by atoms with Gasteiger partial charge in [0.25, 0.3) is 0 Å². The van der Waals surface area contributed by atoms with Gasteiger partial charge in [0.15, 0.2) is 5.96 Å². The molecule has 0 aromatic rings. The number of rotatable bonds is 4. The second-order valence-electron chi connectivity index (χ2n) is 5.29. The number of nitrogens with one attached hydrogen (secondary N) is 1. The number of hydrogen-bond acceptors (Lipinski definition) is 3. The quantitative estimate of drug-likeness (QED) is 0.477. The zero-order chi connectivity index (χ0) is 12.8. The molecule has 0 bridgehead atoms. The predicted molar refractivity (Wildman–Crippen MR) is 78.4 cm³/mol. The van der Waals surface area contributed by atoms with E-state index in [0.29, 0.717) is 5.41 Å². The summed E-state index contributed by atoms with van der Waals surface area (Å²) in [5.41, 5.74) is 0.414. The van der Waals surface area contributed by atoms with Crippen molar-refractivity contribution in [2.75, 3.05) is 51.9 Å². The molecular weight excluding hydrogens is 246 g/mol. The monoisotopic (exact) mass is 271 g/mol. The van der Waals surface area contributed by atoms with E-state index in [1.807, 2.05) is 18.8 Å². The van der Waals surface area contributed by atoms with Crippen molar-refractivity contribution in [2.24, 2.45) is 10.4 Å². The van der Waals surface area contributed by atoms with E-state index in [2.05, 4.69) is 21.5 Å². The molecule has 0 aromatic heterocycles.